The highest BCUT2D eigenvalue weighted by Crippen LogP contribution is 2.07. The minimum Gasteiger partial charge on any atom is -0.398 e. The normalized spacial score (nSPS) is 11.5. The Labute approximate surface area is 72.0 Å². The molecule has 62 valence electrons. The summed E-state index contributed by atoms with van der Waals surface area (Å²) in [5.41, 5.74) is 7.03. The van der Waals surface area contributed by atoms with Crippen LogP contribution in [0.1, 0.15) is 12.5 Å². The number of aliphatic hydroxyl groups is 1. The summed E-state index contributed by atoms with van der Waals surface area (Å²) in [5, 5.41) is 8.89. The molecule has 0 spiro atoms. The lowest BCUT2D eigenvalue weighted by Gasteiger charge is -1.95. The quantitative estimate of drug-likeness (QED) is 0.440. The average molecular weight is 161 g/mol. The van der Waals surface area contributed by atoms with Crippen LogP contribution in [0.2, 0.25) is 0 Å². The lowest BCUT2D eigenvalue weighted by atomic mass is 10.2. The zero-order chi connectivity index (χ0) is 8.97. The zero-order valence-corrected chi connectivity index (χ0v) is 6.91. The molecule has 2 nitrogen and oxygen atoms in total. The third-order valence-corrected chi connectivity index (χ3v) is 1.38. The molecule has 1 aromatic rings. The number of benzene rings is 1. The second-order valence-corrected chi connectivity index (χ2v) is 2.53. The maximum absolute atomic E-state index is 8.89. The number of nitrogens with two attached hydrogens (primary N) is 1. The van der Waals surface area contributed by atoms with Gasteiger partial charge < -0.3 is 10.8 Å². The molecule has 1 aromatic carbocycles. The van der Waals surface area contributed by atoms with Gasteiger partial charge in [-0.05, 0) is 19.1 Å². The highest BCUT2D eigenvalue weighted by Gasteiger charge is 1.91. The Bertz CT molecular complexity index is 320. The van der Waals surface area contributed by atoms with Gasteiger partial charge >= 0.3 is 0 Å². The number of hydrogen-bond acceptors (Lipinski definition) is 2. The number of aliphatic hydroxyl groups excluding tert-OH is 1. The number of para-hydroxylation sites is 1. The van der Waals surface area contributed by atoms with E-state index >= 15 is 0 Å². The van der Waals surface area contributed by atoms with Gasteiger partial charge in [-0.25, -0.2) is 0 Å². The summed E-state index contributed by atoms with van der Waals surface area (Å²) in [4.78, 5) is 0. The molecule has 0 heterocycles. The van der Waals surface area contributed by atoms with Crippen molar-refractivity contribution in [3.8, 4) is 11.8 Å². The summed E-state index contributed by atoms with van der Waals surface area (Å²) in [6.07, 6.45) is -0.607. The Kier molecular flexibility index (Phi) is 2.73. The van der Waals surface area contributed by atoms with Gasteiger partial charge in [0.1, 0.15) is 6.10 Å². The first kappa shape index (κ1) is 8.63. The van der Waals surface area contributed by atoms with Crippen LogP contribution < -0.4 is 5.73 Å². The van der Waals surface area contributed by atoms with Gasteiger partial charge in [0.15, 0.2) is 0 Å². The summed E-state index contributed by atoms with van der Waals surface area (Å²) in [7, 11) is 0. The van der Waals surface area contributed by atoms with E-state index in [1.54, 1.807) is 13.0 Å². The predicted octanol–water partition coefficient (Wildman–Crippen LogP) is 1.00. The molecule has 0 fully saturated rings. The van der Waals surface area contributed by atoms with Crippen molar-refractivity contribution in [2.24, 2.45) is 0 Å². The monoisotopic (exact) mass is 161 g/mol. The van der Waals surface area contributed by atoms with E-state index in [1.807, 2.05) is 18.2 Å². The Balaban J connectivity index is 2.92. The van der Waals surface area contributed by atoms with Crippen molar-refractivity contribution in [1.29, 1.82) is 0 Å². The predicted molar refractivity (Wildman–Crippen MR) is 49.4 cm³/mol. The van der Waals surface area contributed by atoms with Gasteiger partial charge in [-0.3, -0.25) is 0 Å². The standard InChI is InChI=1S/C10H11NO/c1-8(12)6-7-9-4-2-3-5-10(9)11/h2-5,8,12H,11H2,1H3/t8-/m1/s1. The smallest absolute Gasteiger partial charge is 0.112 e. The first-order valence-electron chi connectivity index (χ1n) is 3.74. The van der Waals surface area contributed by atoms with Gasteiger partial charge in [0, 0.05) is 11.3 Å². The van der Waals surface area contributed by atoms with Crippen LogP contribution in [-0.2, 0) is 0 Å². The molecule has 0 bridgehead atoms. The molecule has 0 aliphatic carbocycles. The van der Waals surface area contributed by atoms with Crippen molar-refractivity contribution in [1.82, 2.24) is 0 Å². The van der Waals surface area contributed by atoms with Gasteiger partial charge in [0.25, 0.3) is 0 Å². The summed E-state index contributed by atoms with van der Waals surface area (Å²) < 4.78 is 0. The third-order valence-electron chi connectivity index (χ3n) is 1.38. The number of anilines is 1. The van der Waals surface area contributed by atoms with Gasteiger partial charge in [-0.2, -0.15) is 0 Å². The minimum absolute atomic E-state index is 0.607. The fraction of sp³-hybridized carbons (Fsp3) is 0.200. The molecule has 0 saturated heterocycles. The van der Waals surface area contributed by atoms with Crippen LogP contribution in [-0.4, -0.2) is 11.2 Å². The Morgan fingerprint density at radius 2 is 2.08 bits per heavy atom. The number of hydrogen-bond donors (Lipinski definition) is 2. The molecule has 0 aliphatic heterocycles. The van der Waals surface area contributed by atoms with E-state index in [4.69, 9.17) is 10.8 Å². The van der Waals surface area contributed by atoms with Crippen molar-refractivity contribution in [2.75, 3.05) is 5.73 Å². The molecular weight excluding hydrogens is 150 g/mol. The Hall–Kier alpha value is -1.46. The van der Waals surface area contributed by atoms with Crippen molar-refractivity contribution in [2.45, 2.75) is 13.0 Å². The van der Waals surface area contributed by atoms with Gasteiger partial charge in [0.2, 0.25) is 0 Å². The molecule has 0 aliphatic rings. The summed E-state index contributed by atoms with van der Waals surface area (Å²) in [6, 6.07) is 7.32. The Morgan fingerprint density at radius 3 is 2.67 bits per heavy atom. The number of nitrogen functional groups attached to an aromatic ring is 1. The molecule has 0 saturated carbocycles. The van der Waals surface area contributed by atoms with E-state index < -0.39 is 6.10 Å². The second kappa shape index (κ2) is 3.80. The Morgan fingerprint density at radius 1 is 1.42 bits per heavy atom. The zero-order valence-electron chi connectivity index (χ0n) is 6.91. The maximum Gasteiger partial charge on any atom is 0.112 e. The minimum atomic E-state index is -0.607. The van der Waals surface area contributed by atoms with Crippen molar-refractivity contribution in [3.63, 3.8) is 0 Å². The first-order chi connectivity index (χ1) is 5.70. The van der Waals surface area contributed by atoms with Crippen LogP contribution >= 0.6 is 0 Å². The van der Waals surface area contributed by atoms with Crippen LogP contribution in [0.15, 0.2) is 24.3 Å². The molecule has 0 aromatic heterocycles. The fourth-order valence-electron chi connectivity index (χ4n) is 0.793. The van der Waals surface area contributed by atoms with E-state index in [0.29, 0.717) is 5.69 Å². The lowest BCUT2D eigenvalue weighted by Crippen LogP contribution is -1.94. The highest BCUT2D eigenvalue weighted by molar-refractivity contribution is 5.55. The van der Waals surface area contributed by atoms with Gasteiger partial charge in [-0.15, -0.1) is 0 Å². The molecular formula is C10H11NO. The molecule has 0 radical (unpaired) electrons. The van der Waals surface area contributed by atoms with Crippen LogP contribution in [0.25, 0.3) is 0 Å². The van der Waals surface area contributed by atoms with Crippen LogP contribution in [0.3, 0.4) is 0 Å². The van der Waals surface area contributed by atoms with Crippen LogP contribution in [0, 0.1) is 11.8 Å². The van der Waals surface area contributed by atoms with Gasteiger partial charge in [0.05, 0.1) is 0 Å². The largest absolute Gasteiger partial charge is 0.398 e. The summed E-state index contributed by atoms with van der Waals surface area (Å²) in [5.74, 6) is 5.42. The lowest BCUT2D eigenvalue weighted by molar-refractivity contribution is 0.253. The molecule has 3 N–H and O–H groups in total. The molecule has 1 rings (SSSR count). The van der Waals surface area contributed by atoms with E-state index in [-0.39, 0.29) is 0 Å². The van der Waals surface area contributed by atoms with Crippen molar-refractivity contribution in [3.05, 3.63) is 29.8 Å². The van der Waals surface area contributed by atoms with Crippen LogP contribution in [0.4, 0.5) is 5.69 Å². The molecule has 0 unspecified atom stereocenters. The molecule has 2 heteroatoms. The van der Waals surface area contributed by atoms with Crippen molar-refractivity contribution >= 4 is 5.69 Å². The van der Waals surface area contributed by atoms with Crippen molar-refractivity contribution < 1.29 is 5.11 Å². The first-order valence-corrected chi connectivity index (χ1v) is 3.74. The molecule has 0 amide bonds. The molecule has 12 heavy (non-hydrogen) atoms. The second-order valence-electron chi connectivity index (χ2n) is 2.53. The van der Waals surface area contributed by atoms with E-state index in [1.165, 1.54) is 0 Å². The highest BCUT2D eigenvalue weighted by atomic mass is 16.3. The van der Waals surface area contributed by atoms with E-state index in [2.05, 4.69) is 11.8 Å². The third kappa shape index (κ3) is 2.30. The van der Waals surface area contributed by atoms with E-state index in [9.17, 15) is 0 Å². The summed E-state index contributed by atoms with van der Waals surface area (Å²) >= 11 is 0. The van der Waals surface area contributed by atoms with E-state index in [0.717, 1.165) is 5.56 Å². The van der Waals surface area contributed by atoms with Gasteiger partial charge in [-0.1, -0.05) is 24.0 Å². The fourth-order valence-corrected chi connectivity index (χ4v) is 0.793. The topological polar surface area (TPSA) is 46.2 Å². The molecule has 1 atom stereocenters. The maximum atomic E-state index is 8.89. The number of rotatable bonds is 0. The summed E-state index contributed by atoms with van der Waals surface area (Å²) in [6.45, 7) is 1.62. The SMILES string of the molecule is C[C@@H](O)C#Cc1ccccc1N. The average Bonchev–Trinajstić information content (AvgIpc) is 2.03. The van der Waals surface area contributed by atoms with Crippen LogP contribution in [0.5, 0.6) is 0 Å².